The van der Waals surface area contributed by atoms with E-state index in [2.05, 4.69) is 19.2 Å². The minimum atomic E-state index is 0.284. The molecule has 0 aromatic carbocycles. The largest absolute Gasteiger partial charge is 0.379 e. The van der Waals surface area contributed by atoms with E-state index >= 15 is 0 Å². The molecule has 0 bridgehead atoms. The molecule has 13 heavy (non-hydrogen) atoms. The van der Waals surface area contributed by atoms with Crippen molar-refractivity contribution < 1.29 is 9.47 Å². The zero-order chi connectivity index (χ0) is 9.94. The van der Waals surface area contributed by atoms with Crippen molar-refractivity contribution in [2.45, 2.75) is 33.3 Å². The molecule has 0 rings (SSSR count). The Balaban J connectivity index is 3.05. The van der Waals surface area contributed by atoms with Crippen LogP contribution in [0.2, 0.25) is 0 Å². The van der Waals surface area contributed by atoms with Gasteiger partial charge in [0.05, 0.1) is 19.3 Å². The van der Waals surface area contributed by atoms with Crippen LogP contribution in [0.15, 0.2) is 0 Å². The number of ether oxygens (including phenoxy) is 2. The van der Waals surface area contributed by atoms with Crippen molar-refractivity contribution in [2.24, 2.45) is 0 Å². The Hall–Kier alpha value is -0.120. The first kappa shape index (κ1) is 12.9. The van der Waals surface area contributed by atoms with E-state index in [1.54, 1.807) is 0 Å². The maximum Gasteiger partial charge on any atom is 0.0704 e. The minimum absolute atomic E-state index is 0.284. The molecular formula is C10H23NO2. The van der Waals surface area contributed by atoms with Crippen molar-refractivity contribution in [2.75, 3.05) is 32.9 Å². The van der Waals surface area contributed by atoms with E-state index < -0.39 is 0 Å². The molecule has 3 nitrogen and oxygen atoms in total. The van der Waals surface area contributed by atoms with Gasteiger partial charge in [0, 0.05) is 13.2 Å². The molecule has 0 saturated carbocycles. The first-order valence-corrected chi connectivity index (χ1v) is 5.21. The van der Waals surface area contributed by atoms with Crippen LogP contribution in [0.5, 0.6) is 0 Å². The zero-order valence-electron chi connectivity index (χ0n) is 9.14. The fraction of sp³-hybridized carbons (Fsp3) is 1.00. The summed E-state index contributed by atoms with van der Waals surface area (Å²) < 4.78 is 10.7. The maximum absolute atomic E-state index is 5.50. The Morgan fingerprint density at radius 1 is 1.23 bits per heavy atom. The van der Waals surface area contributed by atoms with E-state index in [0.717, 1.165) is 19.7 Å². The highest BCUT2D eigenvalue weighted by Gasteiger charge is 1.99. The summed E-state index contributed by atoms with van der Waals surface area (Å²) >= 11 is 0. The van der Waals surface area contributed by atoms with Gasteiger partial charge in [0.2, 0.25) is 0 Å². The molecule has 0 aromatic heterocycles. The zero-order valence-corrected chi connectivity index (χ0v) is 9.14. The quantitative estimate of drug-likeness (QED) is 0.557. The third kappa shape index (κ3) is 9.80. The number of rotatable bonds is 9. The van der Waals surface area contributed by atoms with E-state index in [0.29, 0.717) is 13.2 Å². The Labute approximate surface area is 81.8 Å². The van der Waals surface area contributed by atoms with Crippen molar-refractivity contribution in [1.29, 1.82) is 0 Å². The van der Waals surface area contributed by atoms with Gasteiger partial charge in [-0.3, -0.25) is 0 Å². The smallest absolute Gasteiger partial charge is 0.0704 e. The van der Waals surface area contributed by atoms with Gasteiger partial charge in [-0.15, -0.1) is 0 Å². The molecule has 0 heterocycles. The Kier molecular flexibility index (Phi) is 9.87. The molecule has 0 spiro atoms. The third-order valence-corrected chi connectivity index (χ3v) is 1.69. The molecule has 1 N–H and O–H groups in total. The van der Waals surface area contributed by atoms with Crippen LogP contribution in [0.4, 0.5) is 0 Å². The molecule has 0 aliphatic heterocycles. The van der Waals surface area contributed by atoms with Crippen molar-refractivity contribution >= 4 is 0 Å². The summed E-state index contributed by atoms with van der Waals surface area (Å²) in [5.41, 5.74) is 0. The van der Waals surface area contributed by atoms with Gasteiger partial charge in [0.1, 0.15) is 0 Å². The van der Waals surface area contributed by atoms with Crippen molar-refractivity contribution in [3.63, 3.8) is 0 Å². The minimum Gasteiger partial charge on any atom is -0.379 e. The van der Waals surface area contributed by atoms with E-state index in [4.69, 9.17) is 9.47 Å². The summed E-state index contributed by atoms with van der Waals surface area (Å²) in [5, 5.41) is 3.31. The summed E-state index contributed by atoms with van der Waals surface area (Å²) in [6.07, 6.45) is 1.46. The second-order valence-corrected chi connectivity index (χ2v) is 3.08. The molecule has 0 aromatic rings. The highest BCUT2D eigenvalue weighted by molar-refractivity contribution is 4.54. The summed E-state index contributed by atoms with van der Waals surface area (Å²) in [7, 11) is 0. The second kappa shape index (κ2) is 9.96. The monoisotopic (exact) mass is 189 g/mol. The molecular weight excluding hydrogens is 166 g/mol. The Morgan fingerprint density at radius 3 is 2.62 bits per heavy atom. The van der Waals surface area contributed by atoms with Gasteiger partial charge in [-0.05, 0) is 26.8 Å². The lowest BCUT2D eigenvalue weighted by atomic mass is 10.4. The van der Waals surface area contributed by atoms with Crippen molar-refractivity contribution in [3.05, 3.63) is 0 Å². The summed E-state index contributed by atoms with van der Waals surface area (Å²) in [6, 6.07) is 0. The van der Waals surface area contributed by atoms with Crippen LogP contribution in [0, 0.1) is 0 Å². The van der Waals surface area contributed by atoms with Crippen LogP contribution >= 0.6 is 0 Å². The standard InChI is InChI=1S/C10H23NO2/c1-4-6-11-9-10(3)13-8-7-12-5-2/h10-11H,4-9H2,1-3H3. The van der Waals surface area contributed by atoms with Gasteiger partial charge < -0.3 is 14.8 Å². The number of hydrogen-bond donors (Lipinski definition) is 1. The molecule has 1 unspecified atom stereocenters. The first-order chi connectivity index (χ1) is 6.31. The van der Waals surface area contributed by atoms with Crippen LogP contribution in [0.3, 0.4) is 0 Å². The lowest BCUT2D eigenvalue weighted by Crippen LogP contribution is -2.28. The van der Waals surface area contributed by atoms with Gasteiger partial charge >= 0.3 is 0 Å². The lowest BCUT2D eigenvalue weighted by Gasteiger charge is -2.13. The molecule has 0 saturated heterocycles. The fourth-order valence-electron chi connectivity index (χ4n) is 0.994. The summed E-state index contributed by atoms with van der Waals surface area (Å²) in [6.45, 7) is 10.4. The Bertz CT molecular complexity index is 98.9. The molecule has 0 amide bonds. The molecule has 3 heteroatoms. The molecule has 0 radical (unpaired) electrons. The van der Waals surface area contributed by atoms with Gasteiger partial charge in [0.25, 0.3) is 0 Å². The highest BCUT2D eigenvalue weighted by atomic mass is 16.5. The normalized spacial score (nSPS) is 13.2. The van der Waals surface area contributed by atoms with E-state index in [1.165, 1.54) is 6.42 Å². The fourth-order valence-corrected chi connectivity index (χ4v) is 0.994. The first-order valence-electron chi connectivity index (χ1n) is 5.21. The molecule has 0 aliphatic carbocycles. The van der Waals surface area contributed by atoms with Gasteiger partial charge in [-0.2, -0.15) is 0 Å². The van der Waals surface area contributed by atoms with Crippen molar-refractivity contribution in [3.8, 4) is 0 Å². The average Bonchev–Trinajstić information content (AvgIpc) is 2.13. The SMILES string of the molecule is CCCNCC(C)OCCOCC. The van der Waals surface area contributed by atoms with E-state index in [1.807, 2.05) is 6.92 Å². The maximum atomic E-state index is 5.50. The predicted molar refractivity (Wildman–Crippen MR) is 55.1 cm³/mol. The van der Waals surface area contributed by atoms with Gasteiger partial charge in [-0.25, -0.2) is 0 Å². The highest BCUT2D eigenvalue weighted by Crippen LogP contribution is 1.88. The average molecular weight is 189 g/mol. The molecule has 1 atom stereocenters. The predicted octanol–water partition coefficient (Wildman–Crippen LogP) is 1.43. The van der Waals surface area contributed by atoms with Crippen LogP contribution < -0.4 is 5.32 Å². The molecule has 0 aliphatic rings. The molecule has 80 valence electrons. The lowest BCUT2D eigenvalue weighted by molar-refractivity contribution is 0.0160. The van der Waals surface area contributed by atoms with Gasteiger partial charge in [0.15, 0.2) is 0 Å². The summed E-state index contributed by atoms with van der Waals surface area (Å²) in [5.74, 6) is 0. The number of hydrogen-bond acceptors (Lipinski definition) is 3. The number of nitrogens with one attached hydrogen (secondary N) is 1. The molecule has 0 fully saturated rings. The van der Waals surface area contributed by atoms with Crippen LogP contribution in [-0.2, 0) is 9.47 Å². The Morgan fingerprint density at radius 2 is 2.00 bits per heavy atom. The van der Waals surface area contributed by atoms with Crippen LogP contribution in [0.25, 0.3) is 0 Å². The summed E-state index contributed by atoms with van der Waals surface area (Å²) in [4.78, 5) is 0. The van der Waals surface area contributed by atoms with Crippen LogP contribution in [0.1, 0.15) is 27.2 Å². The van der Waals surface area contributed by atoms with Crippen LogP contribution in [-0.4, -0.2) is 39.0 Å². The van der Waals surface area contributed by atoms with Gasteiger partial charge in [-0.1, -0.05) is 6.92 Å². The van der Waals surface area contributed by atoms with E-state index in [9.17, 15) is 0 Å². The van der Waals surface area contributed by atoms with E-state index in [-0.39, 0.29) is 6.10 Å². The van der Waals surface area contributed by atoms with Crippen molar-refractivity contribution in [1.82, 2.24) is 5.32 Å². The third-order valence-electron chi connectivity index (χ3n) is 1.69. The topological polar surface area (TPSA) is 30.5 Å². The second-order valence-electron chi connectivity index (χ2n) is 3.08.